The topological polar surface area (TPSA) is 97.5 Å². The predicted octanol–water partition coefficient (Wildman–Crippen LogP) is 0.417. The number of aromatic nitrogens is 1. The zero-order valence-corrected chi connectivity index (χ0v) is 11.8. The number of hydrazine groups is 1. The van der Waals surface area contributed by atoms with Crippen LogP contribution in [0.1, 0.15) is 15.5 Å². The lowest BCUT2D eigenvalue weighted by Gasteiger charge is -2.17. The standard InChI is InChI=1S/C10H13F3N4O3S/c1-17(2-4-20-5-3-18)8-6(7(19)16-14)15-9(21-8)10(11,12)13/h3H,2,4-5,14H2,1H3,(H,16,19). The van der Waals surface area contributed by atoms with Gasteiger partial charge < -0.3 is 14.4 Å². The minimum Gasteiger partial charge on any atom is -0.372 e. The Hall–Kier alpha value is -1.72. The van der Waals surface area contributed by atoms with Gasteiger partial charge in [-0.1, -0.05) is 11.3 Å². The largest absolute Gasteiger partial charge is 0.443 e. The number of ether oxygens (including phenoxy) is 1. The molecule has 0 aliphatic rings. The van der Waals surface area contributed by atoms with E-state index >= 15 is 0 Å². The summed E-state index contributed by atoms with van der Waals surface area (Å²) < 4.78 is 42.9. The van der Waals surface area contributed by atoms with E-state index in [2.05, 4.69) is 4.98 Å². The van der Waals surface area contributed by atoms with E-state index in [0.717, 1.165) is 0 Å². The van der Waals surface area contributed by atoms with Crippen molar-refractivity contribution in [3.8, 4) is 0 Å². The van der Waals surface area contributed by atoms with Crippen LogP contribution in [0.3, 0.4) is 0 Å². The molecule has 0 radical (unpaired) electrons. The van der Waals surface area contributed by atoms with Gasteiger partial charge in [-0.25, -0.2) is 10.8 Å². The molecule has 0 saturated carbocycles. The molecule has 0 aromatic carbocycles. The summed E-state index contributed by atoms with van der Waals surface area (Å²) in [6.07, 6.45) is -4.09. The van der Waals surface area contributed by atoms with Gasteiger partial charge >= 0.3 is 6.18 Å². The quantitative estimate of drug-likeness (QED) is 0.248. The van der Waals surface area contributed by atoms with E-state index in [-0.39, 0.29) is 24.8 Å². The highest BCUT2D eigenvalue weighted by atomic mass is 32.1. The third-order valence-electron chi connectivity index (χ3n) is 2.30. The minimum absolute atomic E-state index is 0.0139. The van der Waals surface area contributed by atoms with E-state index in [4.69, 9.17) is 10.6 Å². The van der Waals surface area contributed by atoms with Crippen LogP contribution in [0.25, 0.3) is 0 Å². The molecule has 0 unspecified atom stereocenters. The van der Waals surface area contributed by atoms with Crippen molar-refractivity contribution in [2.24, 2.45) is 5.84 Å². The average molecular weight is 326 g/mol. The van der Waals surface area contributed by atoms with Crippen LogP contribution in [0.15, 0.2) is 0 Å². The first kappa shape index (κ1) is 17.3. The Bertz CT molecular complexity index is 506. The number of thiazole rings is 1. The van der Waals surface area contributed by atoms with E-state index in [9.17, 15) is 22.8 Å². The van der Waals surface area contributed by atoms with Gasteiger partial charge in [0.25, 0.3) is 5.91 Å². The molecular formula is C10H13F3N4O3S. The molecule has 3 N–H and O–H groups in total. The van der Waals surface area contributed by atoms with E-state index in [1.165, 1.54) is 11.9 Å². The number of nitrogens with two attached hydrogens (primary N) is 1. The first-order chi connectivity index (χ1) is 9.81. The molecule has 0 fully saturated rings. The van der Waals surface area contributed by atoms with Crippen molar-refractivity contribution < 1.29 is 27.5 Å². The molecule has 0 bridgehead atoms. The third-order valence-corrected chi connectivity index (χ3v) is 3.52. The number of nitrogens with one attached hydrogen (secondary N) is 1. The van der Waals surface area contributed by atoms with Crippen molar-refractivity contribution in [2.45, 2.75) is 6.18 Å². The Kier molecular flexibility index (Phi) is 6.05. The number of hydrogen-bond donors (Lipinski definition) is 2. The normalized spacial score (nSPS) is 11.3. The van der Waals surface area contributed by atoms with Crippen molar-refractivity contribution in [3.63, 3.8) is 0 Å². The second kappa shape index (κ2) is 7.33. The van der Waals surface area contributed by atoms with Crippen LogP contribution in [0.5, 0.6) is 0 Å². The van der Waals surface area contributed by atoms with Crippen LogP contribution >= 0.6 is 11.3 Å². The van der Waals surface area contributed by atoms with Gasteiger partial charge in [-0.3, -0.25) is 10.2 Å². The lowest BCUT2D eigenvalue weighted by molar-refractivity contribution is -0.137. The molecule has 21 heavy (non-hydrogen) atoms. The molecule has 11 heteroatoms. The number of amides is 1. The monoisotopic (exact) mass is 326 g/mol. The van der Waals surface area contributed by atoms with E-state index in [1.54, 1.807) is 5.43 Å². The van der Waals surface area contributed by atoms with Crippen molar-refractivity contribution in [3.05, 3.63) is 10.7 Å². The number of nitrogens with zero attached hydrogens (tertiary/aromatic N) is 2. The molecule has 1 amide bonds. The number of hydrogen-bond acceptors (Lipinski definition) is 7. The van der Waals surface area contributed by atoms with Crippen LogP contribution in [0.2, 0.25) is 0 Å². The van der Waals surface area contributed by atoms with E-state index in [0.29, 0.717) is 17.6 Å². The van der Waals surface area contributed by atoms with E-state index in [1.807, 2.05) is 0 Å². The summed E-state index contributed by atoms with van der Waals surface area (Å²) >= 11 is 0.330. The van der Waals surface area contributed by atoms with Gasteiger partial charge in [0.15, 0.2) is 5.69 Å². The molecule has 118 valence electrons. The lowest BCUT2D eigenvalue weighted by atomic mass is 10.4. The number of nitrogen functional groups attached to an aromatic ring is 1. The zero-order chi connectivity index (χ0) is 16.0. The summed E-state index contributed by atoms with van der Waals surface area (Å²) in [6.45, 7) is 0.177. The van der Waals surface area contributed by atoms with Crippen LogP contribution in [0, 0.1) is 0 Å². The Morgan fingerprint density at radius 2 is 2.24 bits per heavy atom. The molecule has 1 aromatic rings. The second-order valence-corrected chi connectivity index (χ2v) is 4.78. The highest BCUT2D eigenvalue weighted by Gasteiger charge is 2.37. The van der Waals surface area contributed by atoms with Crippen molar-refractivity contribution in [2.75, 3.05) is 31.7 Å². The first-order valence-electron chi connectivity index (χ1n) is 5.62. The molecule has 0 aliphatic heterocycles. The summed E-state index contributed by atoms with van der Waals surface area (Å²) in [7, 11) is 1.48. The Morgan fingerprint density at radius 1 is 1.57 bits per heavy atom. The Balaban J connectivity index is 2.94. The maximum absolute atomic E-state index is 12.7. The molecular weight excluding hydrogens is 313 g/mol. The highest BCUT2D eigenvalue weighted by molar-refractivity contribution is 7.16. The minimum atomic E-state index is -4.65. The van der Waals surface area contributed by atoms with Gasteiger partial charge in [0, 0.05) is 13.6 Å². The molecule has 0 saturated heterocycles. The van der Waals surface area contributed by atoms with Gasteiger partial charge in [0.05, 0.1) is 6.61 Å². The summed E-state index contributed by atoms with van der Waals surface area (Å²) in [4.78, 5) is 26.2. The fourth-order valence-electron chi connectivity index (χ4n) is 1.34. The fourth-order valence-corrected chi connectivity index (χ4v) is 2.26. The van der Waals surface area contributed by atoms with Gasteiger partial charge in [-0.2, -0.15) is 13.2 Å². The number of alkyl halides is 3. The SMILES string of the molecule is CN(CCOCC=O)c1sc(C(F)(F)F)nc1C(=O)NN. The van der Waals surface area contributed by atoms with Crippen molar-refractivity contribution >= 4 is 28.5 Å². The summed E-state index contributed by atoms with van der Waals surface area (Å²) in [5.41, 5.74) is 1.34. The second-order valence-electron chi connectivity index (χ2n) is 3.81. The van der Waals surface area contributed by atoms with Crippen LogP contribution < -0.4 is 16.2 Å². The molecule has 0 spiro atoms. The summed E-state index contributed by atoms with van der Waals surface area (Å²) in [6, 6.07) is 0. The highest BCUT2D eigenvalue weighted by Crippen LogP contribution is 2.38. The van der Waals surface area contributed by atoms with Gasteiger partial charge in [-0.15, -0.1) is 0 Å². The van der Waals surface area contributed by atoms with Crippen molar-refractivity contribution in [1.29, 1.82) is 0 Å². The molecule has 0 aliphatic carbocycles. The molecule has 0 atom stereocenters. The molecule has 1 heterocycles. The predicted molar refractivity (Wildman–Crippen MR) is 68.9 cm³/mol. The number of aldehydes is 1. The smallest absolute Gasteiger partial charge is 0.372 e. The number of carbonyl (C=O) groups excluding carboxylic acids is 2. The van der Waals surface area contributed by atoms with Gasteiger partial charge in [0.2, 0.25) is 5.01 Å². The van der Waals surface area contributed by atoms with Gasteiger partial charge in [0.1, 0.15) is 17.9 Å². The number of likely N-dealkylation sites (N-methyl/N-ethyl adjacent to an activating group) is 1. The van der Waals surface area contributed by atoms with Crippen LogP contribution in [0.4, 0.5) is 18.2 Å². The average Bonchev–Trinajstić information content (AvgIpc) is 2.87. The zero-order valence-electron chi connectivity index (χ0n) is 10.9. The Morgan fingerprint density at radius 3 is 2.76 bits per heavy atom. The maximum atomic E-state index is 12.7. The molecule has 1 aromatic heterocycles. The van der Waals surface area contributed by atoms with Crippen LogP contribution in [-0.2, 0) is 15.7 Å². The number of anilines is 1. The number of rotatable bonds is 7. The third kappa shape index (κ3) is 4.65. The maximum Gasteiger partial charge on any atom is 0.443 e. The van der Waals surface area contributed by atoms with E-state index < -0.39 is 22.8 Å². The number of halogens is 3. The van der Waals surface area contributed by atoms with Crippen molar-refractivity contribution in [1.82, 2.24) is 10.4 Å². The molecule has 7 nitrogen and oxygen atoms in total. The summed E-state index contributed by atoms with van der Waals surface area (Å²) in [5, 5.41) is -1.13. The summed E-state index contributed by atoms with van der Waals surface area (Å²) in [5.74, 6) is 4.01. The van der Waals surface area contributed by atoms with Gasteiger partial charge in [-0.05, 0) is 0 Å². The lowest BCUT2D eigenvalue weighted by Crippen LogP contribution is -2.32. The molecule has 1 rings (SSSR count). The first-order valence-corrected chi connectivity index (χ1v) is 6.44. The Labute approximate surface area is 121 Å². The fraction of sp³-hybridized carbons (Fsp3) is 0.500. The number of carbonyl (C=O) groups is 2. The van der Waals surface area contributed by atoms with Crippen LogP contribution in [-0.4, -0.2) is 44.0 Å².